The first-order valence-corrected chi connectivity index (χ1v) is 8.33. The smallest absolute Gasteiger partial charge is 0.220 e. The van der Waals surface area contributed by atoms with Crippen molar-refractivity contribution in [1.82, 2.24) is 5.32 Å². The van der Waals surface area contributed by atoms with E-state index in [0.717, 1.165) is 31.4 Å². The van der Waals surface area contributed by atoms with Gasteiger partial charge in [0, 0.05) is 32.1 Å². The summed E-state index contributed by atoms with van der Waals surface area (Å²) in [5.74, 6) is -0.140. The number of nitrogens with one attached hydrogen (secondary N) is 1. The van der Waals surface area contributed by atoms with E-state index >= 15 is 0 Å². The monoisotopic (exact) mass is 321 g/mol. The number of ether oxygens (including phenoxy) is 2. The van der Waals surface area contributed by atoms with Crippen molar-refractivity contribution in [1.29, 1.82) is 0 Å². The quantitative estimate of drug-likeness (QED) is 0.927. The molecule has 1 spiro atoms. The molecule has 2 fully saturated rings. The van der Waals surface area contributed by atoms with Gasteiger partial charge in [-0.05, 0) is 36.5 Å². The first-order valence-electron chi connectivity index (χ1n) is 8.33. The van der Waals surface area contributed by atoms with Crippen LogP contribution in [-0.2, 0) is 14.3 Å². The molecule has 0 unspecified atom stereocenters. The second-order valence-corrected chi connectivity index (χ2v) is 6.75. The van der Waals surface area contributed by atoms with Crippen LogP contribution in [0, 0.1) is 5.82 Å². The third-order valence-corrected chi connectivity index (χ3v) is 4.86. The second-order valence-electron chi connectivity index (χ2n) is 6.75. The minimum absolute atomic E-state index is 0.0443. The molecule has 0 aromatic heterocycles. The first-order chi connectivity index (χ1) is 11.1. The number of rotatable bonds is 4. The Labute approximate surface area is 136 Å². The van der Waals surface area contributed by atoms with Crippen molar-refractivity contribution >= 4 is 5.91 Å². The number of carbonyl (C=O) groups is 1. The fraction of sp³-hybridized carbons (Fsp3) is 0.611. The van der Waals surface area contributed by atoms with Gasteiger partial charge < -0.3 is 14.8 Å². The molecule has 0 saturated carbocycles. The molecule has 2 saturated heterocycles. The van der Waals surface area contributed by atoms with Crippen LogP contribution in [0.4, 0.5) is 4.39 Å². The number of hydrogen-bond donors (Lipinski definition) is 1. The van der Waals surface area contributed by atoms with Crippen LogP contribution in [0.5, 0.6) is 0 Å². The zero-order valence-electron chi connectivity index (χ0n) is 13.5. The molecular formula is C18H24FNO3. The van der Waals surface area contributed by atoms with Gasteiger partial charge in [-0.2, -0.15) is 0 Å². The van der Waals surface area contributed by atoms with Gasteiger partial charge in [-0.15, -0.1) is 0 Å². The maximum absolute atomic E-state index is 13.0. The Hall–Kier alpha value is -1.46. The topological polar surface area (TPSA) is 47.6 Å². The fourth-order valence-corrected chi connectivity index (χ4v) is 3.49. The van der Waals surface area contributed by atoms with Crippen LogP contribution >= 0.6 is 0 Å². The third kappa shape index (κ3) is 4.09. The van der Waals surface area contributed by atoms with Gasteiger partial charge >= 0.3 is 0 Å². The summed E-state index contributed by atoms with van der Waals surface area (Å²) in [4.78, 5) is 12.3. The maximum Gasteiger partial charge on any atom is 0.220 e. The average molecular weight is 321 g/mol. The highest BCUT2D eigenvalue weighted by Crippen LogP contribution is 2.33. The Balaban J connectivity index is 1.51. The lowest BCUT2D eigenvalue weighted by Gasteiger charge is -2.37. The molecule has 2 aliphatic rings. The Morgan fingerprint density at radius 2 is 2.17 bits per heavy atom. The Morgan fingerprint density at radius 1 is 1.39 bits per heavy atom. The summed E-state index contributed by atoms with van der Waals surface area (Å²) in [7, 11) is 0. The van der Waals surface area contributed by atoms with E-state index in [0.29, 0.717) is 19.6 Å². The normalized spacial score (nSPS) is 28.7. The van der Waals surface area contributed by atoms with E-state index in [1.807, 2.05) is 6.92 Å². The van der Waals surface area contributed by atoms with Crippen LogP contribution < -0.4 is 5.32 Å². The van der Waals surface area contributed by atoms with E-state index in [4.69, 9.17) is 9.47 Å². The van der Waals surface area contributed by atoms with Crippen LogP contribution in [0.3, 0.4) is 0 Å². The predicted molar refractivity (Wildman–Crippen MR) is 84.7 cm³/mol. The molecule has 2 heterocycles. The Morgan fingerprint density at radius 3 is 2.87 bits per heavy atom. The lowest BCUT2D eigenvalue weighted by molar-refractivity contribution is -0.125. The van der Waals surface area contributed by atoms with E-state index < -0.39 is 0 Å². The highest BCUT2D eigenvalue weighted by Gasteiger charge is 2.41. The van der Waals surface area contributed by atoms with Crippen LogP contribution in [0.1, 0.15) is 44.1 Å². The molecule has 4 nitrogen and oxygen atoms in total. The number of hydrogen-bond acceptors (Lipinski definition) is 3. The number of carbonyl (C=O) groups excluding carboxylic acids is 1. The van der Waals surface area contributed by atoms with E-state index in [1.54, 1.807) is 12.1 Å². The molecule has 3 atom stereocenters. The van der Waals surface area contributed by atoms with Crippen LogP contribution in [0.25, 0.3) is 0 Å². The van der Waals surface area contributed by atoms with Crippen molar-refractivity contribution in [3.63, 3.8) is 0 Å². The van der Waals surface area contributed by atoms with Gasteiger partial charge in [-0.1, -0.05) is 19.1 Å². The standard InChI is InChI=1S/C18H24FNO3/c1-13(14-2-4-15(19)5-3-14)10-17(21)20-16-6-8-23-18(11-16)7-9-22-12-18/h2-5,13,16H,6-12H2,1H3,(H,20,21)/t13-,16+,18+/m1/s1. The number of benzene rings is 1. The molecule has 1 N–H and O–H groups in total. The van der Waals surface area contributed by atoms with Gasteiger partial charge in [0.15, 0.2) is 0 Å². The Bertz CT molecular complexity index is 540. The molecule has 0 radical (unpaired) electrons. The number of halogens is 1. The predicted octanol–water partition coefficient (Wildman–Crippen LogP) is 2.77. The fourth-order valence-electron chi connectivity index (χ4n) is 3.49. The van der Waals surface area contributed by atoms with Gasteiger partial charge in [0.1, 0.15) is 5.82 Å². The summed E-state index contributed by atoms with van der Waals surface area (Å²) in [6.07, 6.45) is 2.99. The molecule has 23 heavy (non-hydrogen) atoms. The molecule has 3 rings (SSSR count). The van der Waals surface area contributed by atoms with E-state index in [-0.39, 0.29) is 29.3 Å². The summed E-state index contributed by atoms with van der Waals surface area (Å²) in [6.45, 7) is 4.03. The molecule has 1 amide bonds. The second kappa shape index (κ2) is 6.97. The van der Waals surface area contributed by atoms with Gasteiger partial charge in [0.25, 0.3) is 0 Å². The summed E-state index contributed by atoms with van der Waals surface area (Å²) in [5.41, 5.74) is 0.785. The Kier molecular flexibility index (Phi) is 4.97. The molecule has 0 aliphatic carbocycles. The minimum Gasteiger partial charge on any atom is -0.378 e. The highest BCUT2D eigenvalue weighted by molar-refractivity contribution is 5.77. The van der Waals surface area contributed by atoms with Crippen molar-refractivity contribution < 1.29 is 18.7 Å². The largest absolute Gasteiger partial charge is 0.378 e. The molecule has 0 bridgehead atoms. The van der Waals surface area contributed by atoms with Crippen molar-refractivity contribution in [2.75, 3.05) is 19.8 Å². The molecule has 5 heteroatoms. The average Bonchev–Trinajstić information content (AvgIpc) is 2.95. The van der Waals surface area contributed by atoms with Crippen molar-refractivity contribution in [2.45, 2.75) is 50.2 Å². The first kappa shape index (κ1) is 16.4. The lowest BCUT2D eigenvalue weighted by atomic mass is 9.89. The zero-order chi connectivity index (χ0) is 16.3. The molecule has 1 aromatic rings. The lowest BCUT2D eigenvalue weighted by Crippen LogP contribution is -2.49. The summed E-state index contributed by atoms with van der Waals surface area (Å²) >= 11 is 0. The molecule has 1 aromatic carbocycles. The summed E-state index contributed by atoms with van der Waals surface area (Å²) in [6, 6.07) is 6.51. The summed E-state index contributed by atoms with van der Waals surface area (Å²) in [5, 5.41) is 3.13. The maximum atomic E-state index is 13.0. The van der Waals surface area contributed by atoms with Crippen molar-refractivity contribution in [2.24, 2.45) is 0 Å². The van der Waals surface area contributed by atoms with E-state index in [1.165, 1.54) is 12.1 Å². The van der Waals surface area contributed by atoms with Gasteiger partial charge in [-0.3, -0.25) is 4.79 Å². The zero-order valence-corrected chi connectivity index (χ0v) is 13.5. The van der Waals surface area contributed by atoms with Crippen LogP contribution in [0.2, 0.25) is 0 Å². The van der Waals surface area contributed by atoms with Crippen LogP contribution in [0.15, 0.2) is 24.3 Å². The number of amides is 1. The SMILES string of the molecule is C[C@H](CC(=O)N[C@H]1CCO[C@@]2(CCOC2)C1)c1ccc(F)cc1. The van der Waals surface area contributed by atoms with Crippen molar-refractivity contribution in [3.05, 3.63) is 35.6 Å². The molecule has 126 valence electrons. The van der Waals surface area contributed by atoms with Crippen LogP contribution in [-0.4, -0.2) is 37.4 Å². The molecule has 2 aliphatic heterocycles. The van der Waals surface area contributed by atoms with Gasteiger partial charge in [0.2, 0.25) is 5.91 Å². The van der Waals surface area contributed by atoms with Gasteiger partial charge in [0.05, 0.1) is 12.2 Å². The van der Waals surface area contributed by atoms with Gasteiger partial charge in [-0.25, -0.2) is 4.39 Å². The van der Waals surface area contributed by atoms with E-state index in [9.17, 15) is 9.18 Å². The van der Waals surface area contributed by atoms with Crippen molar-refractivity contribution in [3.8, 4) is 0 Å². The third-order valence-electron chi connectivity index (χ3n) is 4.86. The molecular weight excluding hydrogens is 297 g/mol. The minimum atomic E-state index is -0.253. The van der Waals surface area contributed by atoms with E-state index in [2.05, 4.69) is 5.32 Å². The summed E-state index contributed by atoms with van der Waals surface area (Å²) < 4.78 is 24.3. The highest BCUT2D eigenvalue weighted by atomic mass is 19.1.